The predicted molar refractivity (Wildman–Crippen MR) is 81.1 cm³/mol. The van der Waals surface area contributed by atoms with Crippen molar-refractivity contribution in [2.45, 2.75) is 0 Å². The summed E-state index contributed by atoms with van der Waals surface area (Å²) in [5.41, 5.74) is 0.646. The van der Waals surface area contributed by atoms with Gasteiger partial charge in [0, 0.05) is 24.2 Å². The summed E-state index contributed by atoms with van der Waals surface area (Å²) in [6.45, 7) is 0. The normalized spacial score (nSPS) is 10.2. The smallest absolute Gasteiger partial charge is 0.213 e. The number of aromatic hydroxyl groups is 1. The molecular formula is C16H16FNO4. The van der Waals surface area contributed by atoms with Gasteiger partial charge in [-0.3, -0.25) is 4.79 Å². The minimum Gasteiger partial charge on any atom is -0.507 e. The van der Waals surface area contributed by atoms with E-state index in [0.29, 0.717) is 23.6 Å². The summed E-state index contributed by atoms with van der Waals surface area (Å²) < 4.78 is 24.6. The number of hydrogen-bond donors (Lipinski definition) is 1. The van der Waals surface area contributed by atoms with Gasteiger partial charge in [-0.1, -0.05) is 6.07 Å². The molecule has 0 aromatic heterocycles. The number of ether oxygens (including phenoxy) is 2. The summed E-state index contributed by atoms with van der Waals surface area (Å²) in [5, 5.41) is 10.2. The van der Waals surface area contributed by atoms with Gasteiger partial charge in [-0.2, -0.15) is 0 Å². The number of carbonyl (C=O) groups excluding carboxylic acids is 1. The van der Waals surface area contributed by atoms with Gasteiger partial charge >= 0.3 is 0 Å². The Labute approximate surface area is 127 Å². The van der Waals surface area contributed by atoms with Crippen LogP contribution < -0.4 is 14.4 Å². The number of amides is 1. The van der Waals surface area contributed by atoms with Gasteiger partial charge in [0.2, 0.25) is 6.41 Å². The highest BCUT2D eigenvalue weighted by atomic mass is 19.1. The number of benzene rings is 2. The monoisotopic (exact) mass is 305 g/mol. The molecule has 0 bridgehead atoms. The fraction of sp³-hybridized carbons (Fsp3) is 0.188. The molecule has 0 unspecified atom stereocenters. The molecule has 0 heterocycles. The van der Waals surface area contributed by atoms with E-state index in [1.54, 1.807) is 6.07 Å². The summed E-state index contributed by atoms with van der Waals surface area (Å²) in [4.78, 5) is 12.2. The second kappa shape index (κ2) is 6.34. The van der Waals surface area contributed by atoms with E-state index in [9.17, 15) is 14.3 Å². The zero-order chi connectivity index (χ0) is 16.3. The van der Waals surface area contributed by atoms with Crippen LogP contribution in [0.2, 0.25) is 0 Å². The van der Waals surface area contributed by atoms with E-state index in [2.05, 4.69) is 0 Å². The molecule has 1 amide bonds. The van der Waals surface area contributed by atoms with Crippen molar-refractivity contribution >= 4 is 12.1 Å². The van der Waals surface area contributed by atoms with Crippen molar-refractivity contribution in [2.75, 3.05) is 26.2 Å². The van der Waals surface area contributed by atoms with Gasteiger partial charge in [-0.05, 0) is 18.2 Å². The molecule has 5 nitrogen and oxygen atoms in total. The Balaban J connectivity index is 2.74. The highest BCUT2D eigenvalue weighted by Gasteiger charge is 2.19. The first kappa shape index (κ1) is 15.6. The molecule has 0 saturated carbocycles. The Bertz CT molecular complexity index is 703. The van der Waals surface area contributed by atoms with Crippen LogP contribution in [0.1, 0.15) is 0 Å². The third-order valence-electron chi connectivity index (χ3n) is 3.30. The fourth-order valence-corrected chi connectivity index (χ4v) is 2.20. The predicted octanol–water partition coefficient (Wildman–Crippen LogP) is 2.81. The molecule has 0 fully saturated rings. The topological polar surface area (TPSA) is 59.0 Å². The molecule has 0 aliphatic rings. The highest BCUT2D eigenvalue weighted by molar-refractivity contribution is 5.89. The van der Waals surface area contributed by atoms with Crippen LogP contribution in [-0.2, 0) is 4.79 Å². The van der Waals surface area contributed by atoms with E-state index in [1.807, 2.05) is 0 Å². The van der Waals surface area contributed by atoms with Crippen LogP contribution in [0.4, 0.5) is 10.1 Å². The number of phenols is 1. The summed E-state index contributed by atoms with van der Waals surface area (Å²) in [7, 11) is 4.38. The number of rotatable bonds is 5. The van der Waals surface area contributed by atoms with Gasteiger partial charge in [0.25, 0.3) is 0 Å². The average Bonchev–Trinajstić information content (AvgIpc) is 2.54. The maximum absolute atomic E-state index is 14.3. The van der Waals surface area contributed by atoms with Crippen molar-refractivity contribution in [3.05, 3.63) is 36.1 Å². The largest absolute Gasteiger partial charge is 0.507 e. The number of halogens is 1. The maximum Gasteiger partial charge on any atom is 0.213 e. The van der Waals surface area contributed by atoms with Crippen molar-refractivity contribution < 1.29 is 23.8 Å². The molecule has 22 heavy (non-hydrogen) atoms. The highest BCUT2D eigenvalue weighted by Crippen LogP contribution is 2.43. The van der Waals surface area contributed by atoms with Crippen LogP contribution in [0.5, 0.6) is 17.2 Å². The SMILES string of the molecule is COc1cc(O)c(-c2c(F)cccc2N(C)C=O)cc1OC. The summed E-state index contributed by atoms with van der Waals surface area (Å²) in [5.74, 6) is -0.0688. The van der Waals surface area contributed by atoms with Crippen LogP contribution >= 0.6 is 0 Å². The van der Waals surface area contributed by atoms with E-state index < -0.39 is 5.82 Å². The van der Waals surface area contributed by atoms with Gasteiger partial charge in [0.05, 0.1) is 19.9 Å². The molecular weight excluding hydrogens is 289 g/mol. The van der Waals surface area contributed by atoms with Crippen LogP contribution in [0.3, 0.4) is 0 Å². The first-order valence-corrected chi connectivity index (χ1v) is 6.45. The van der Waals surface area contributed by atoms with Crippen molar-refractivity contribution in [3.8, 4) is 28.4 Å². The molecule has 116 valence electrons. The van der Waals surface area contributed by atoms with Gasteiger partial charge in [0.1, 0.15) is 11.6 Å². The lowest BCUT2D eigenvalue weighted by atomic mass is 10.0. The van der Waals surface area contributed by atoms with Crippen molar-refractivity contribution in [1.82, 2.24) is 0 Å². The Hall–Kier alpha value is -2.76. The maximum atomic E-state index is 14.3. The van der Waals surface area contributed by atoms with Crippen LogP contribution in [0.15, 0.2) is 30.3 Å². The van der Waals surface area contributed by atoms with E-state index >= 15 is 0 Å². The number of methoxy groups -OCH3 is 2. The standard InChI is InChI=1S/C16H16FNO4/c1-18(9-19)12-6-4-5-11(17)16(12)10-7-14(21-2)15(22-3)8-13(10)20/h4-9,20H,1-3H3. The fourth-order valence-electron chi connectivity index (χ4n) is 2.20. The average molecular weight is 305 g/mol. The van der Waals surface area contributed by atoms with Gasteiger partial charge in [0.15, 0.2) is 11.5 Å². The second-order valence-electron chi connectivity index (χ2n) is 4.57. The first-order valence-electron chi connectivity index (χ1n) is 6.45. The van der Waals surface area contributed by atoms with Crippen molar-refractivity contribution in [2.24, 2.45) is 0 Å². The Morgan fingerprint density at radius 3 is 2.41 bits per heavy atom. The first-order chi connectivity index (χ1) is 10.5. The third-order valence-corrected chi connectivity index (χ3v) is 3.30. The molecule has 0 saturated heterocycles. The Morgan fingerprint density at radius 1 is 1.18 bits per heavy atom. The molecule has 2 aromatic rings. The van der Waals surface area contributed by atoms with Crippen LogP contribution in [-0.4, -0.2) is 32.8 Å². The van der Waals surface area contributed by atoms with Gasteiger partial charge in [-0.25, -0.2) is 4.39 Å². The summed E-state index contributed by atoms with van der Waals surface area (Å²) in [6, 6.07) is 7.14. The minimum absolute atomic E-state index is 0.107. The number of carbonyl (C=O) groups is 1. The molecule has 2 rings (SSSR count). The third kappa shape index (κ3) is 2.67. The zero-order valence-corrected chi connectivity index (χ0v) is 12.5. The lowest BCUT2D eigenvalue weighted by Gasteiger charge is -2.18. The molecule has 1 N–H and O–H groups in total. The van der Waals surface area contributed by atoms with Crippen molar-refractivity contribution in [1.29, 1.82) is 0 Å². The molecule has 0 atom stereocenters. The Morgan fingerprint density at radius 2 is 1.82 bits per heavy atom. The molecule has 0 aliphatic heterocycles. The van der Waals surface area contributed by atoms with Gasteiger partial charge < -0.3 is 19.5 Å². The Kier molecular flexibility index (Phi) is 4.50. The quantitative estimate of drug-likeness (QED) is 0.863. The molecule has 2 aromatic carbocycles. The van der Waals surface area contributed by atoms with Gasteiger partial charge in [-0.15, -0.1) is 0 Å². The lowest BCUT2D eigenvalue weighted by Crippen LogP contribution is -2.15. The van der Waals surface area contributed by atoms with Crippen LogP contribution in [0, 0.1) is 5.82 Å². The van der Waals surface area contributed by atoms with E-state index in [-0.39, 0.29) is 16.9 Å². The number of anilines is 1. The van der Waals surface area contributed by atoms with E-state index in [1.165, 1.54) is 50.4 Å². The molecule has 0 spiro atoms. The summed E-state index contributed by atoms with van der Waals surface area (Å²) >= 11 is 0. The number of hydrogen-bond acceptors (Lipinski definition) is 4. The summed E-state index contributed by atoms with van der Waals surface area (Å²) in [6.07, 6.45) is 0.566. The van der Waals surface area contributed by atoms with E-state index in [0.717, 1.165) is 0 Å². The minimum atomic E-state index is -0.561. The van der Waals surface area contributed by atoms with Crippen molar-refractivity contribution in [3.63, 3.8) is 0 Å². The zero-order valence-electron chi connectivity index (χ0n) is 12.5. The van der Waals surface area contributed by atoms with Crippen LogP contribution in [0.25, 0.3) is 11.1 Å². The molecule has 0 aliphatic carbocycles. The second-order valence-corrected chi connectivity index (χ2v) is 4.57. The number of phenolic OH excluding ortho intramolecular Hbond substituents is 1. The van der Waals surface area contributed by atoms with E-state index in [4.69, 9.17) is 9.47 Å². The molecule has 0 radical (unpaired) electrons. The molecule has 6 heteroatoms. The number of nitrogens with zero attached hydrogens (tertiary/aromatic N) is 1. The lowest BCUT2D eigenvalue weighted by molar-refractivity contribution is -0.107.